The molecular formula is C18H17N2NaO2S. The Balaban J connectivity index is 0.00000156. The van der Waals surface area contributed by atoms with Crippen molar-refractivity contribution in [1.29, 1.82) is 0 Å². The topological polar surface area (TPSA) is 62.2 Å². The fourth-order valence-electron chi connectivity index (χ4n) is 2.19. The molecule has 2 N–H and O–H groups in total. The Morgan fingerprint density at radius 3 is 2.83 bits per heavy atom. The molecule has 0 unspecified atom stereocenters. The summed E-state index contributed by atoms with van der Waals surface area (Å²) in [7, 11) is 0. The third kappa shape index (κ3) is 5.18. The molecule has 0 aliphatic heterocycles. The van der Waals surface area contributed by atoms with E-state index in [9.17, 15) is 4.79 Å². The molecule has 3 aromatic rings. The third-order valence-corrected chi connectivity index (χ3v) is 4.29. The molecule has 0 saturated heterocycles. The number of aliphatic carboxylic acids is 1. The zero-order valence-electron chi connectivity index (χ0n) is 14.4. The number of nitrogens with zero attached hydrogens (tertiary/aromatic N) is 1. The van der Waals surface area contributed by atoms with Crippen LogP contribution < -0.4 is 34.9 Å². The van der Waals surface area contributed by atoms with Gasteiger partial charge in [0.25, 0.3) is 0 Å². The van der Waals surface area contributed by atoms with E-state index in [4.69, 9.17) is 5.11 Å². The van der Waals surface area contributed by atoms with E-state index in [2.05, 4.69) is 16.4 Å². The van der Waals surface area contributed by atoms with Crippen LogP contribution in [0, 0.1) is 0 Å². The first-order valence-electron chi connectivity index (χ1n) is 7.30. The van der Waals surface area contributed by atoms with Crippen LogP contribution in [0.25, 0.3) is 22.4 Å². The predicted molar refractivity (Wildman–Crippen MR) is 96.8 cm³/mol. The zero-order valence-corrected chi connectivity index (χ0v) is 16.2. The van der Waals surface area contributed by atoms with Gasteiger partial charge in [-0.3, -0.25) is 4.79 Å². The molecule has 0 aliphatic carbocycles. The van der Waals surface area contributed by atoms with Crippen molar-refractivity contribution in [3.05, 3.63) is 59.1 Å². The maximum Gasteiger partial charge on any atom is 1.00 e. The van der Waals surface area contributed by atoms with Crippen LogP contribution in [0.2, 0.25) is 0 Å². The number of rotatable bonds is 6. The molecule has 0 bridgehead atoms. The van der Waals surface area contributed by atoms with E-state index in [0.29, 0.717) is 6.54 Å². The molecule has 0 atom stereocenters. The van der Waals surface area contributed by atoms with Crippen molar-refractivity contribution in [1.82, 2.24) is 4.98 Å². The van der Waals surface area contributed by atoms with Crippen LogP contribution >= 0.6 is 11.3 Å². The Kier molecular flexibility index (Phi) is 6.99. The molecule has 4 nitrogen and oxygen atoms in total. The van der Waals surface area contributed by atoms with Crippen LogP contribution in [0.3, 0.4) is 0 Å². The minimum Gasteiger partial charge on any atom is -1.00 e. The first kappa shape index (κ1) is 18.7. The molecule has 0 amide bonds. The number of hydrogen-bond donors (Lipinski definition) is 2. The second-order valence-corrected chi connectivity index (χ2v) is 6.11. The van der Waals surface area contributed by atoms with Crippen LogP contribution in [-0.2, 0) is 4.79 Å². The molecule has 0 spiro atoms. The summed E-state index contributed by atoms with van der Waals surface area (Å²) in [5.74, 6) is -0.801. The zero-order chi connectivity index (χ0) is 16.1. The Hall–Kier alpha value is -1.66. The summed E-state index contributed by atoms with van der Waals surface area (Å²) >= 11 is 1.66. The molecule has 2 aromatic carbocycles. The van der Waals surface area contributed by atoms with E-state index >= 15 is 0 Å². The van der Waals surface area contributed by atoms with Gasteiger partial charge in [-0.15, -0.1) is 11.3 Å². The summed E-state index contributed by atoms with van der Waals surface area (Å²) < 4.78 is 1.18. The number of nitrogens with one attached hydrogen (secondary N) is 1. The van der Waals surface area contributed by atoms with Crippen molar-refractivity contribution in [2.75, 3.05) is 11.9 Å². The van der Waals surface area contributed by atoms with Crippen LogP contribution in [0.1, 0.15) is 18.4 Å². The van der Waals surface area contributed by atoms with Gasteiger partial charge in [0, 0.05) is 12.2 Å². The normalized spacial score (nSPS) is 10.7. The number of carboxylic acids is 1. The molecule has 0 aliphatic rings. The number of thiazole rings is 1. The van der Waals surface area contributed by atoms with E-state index in [-0.39, 0.29) is 37.4 Å². The summed E-state index contributed by atoms with van der Waals surface area (Å²) in [4.78, 5) is 15.1. The second-order valence-electron chi connectivity index (χ2n) is 5.05. The summed E-state index contributed by atoms with van der Waals surface area (Å²) in [6, 6.07) is 15.9. The fraction of sp³-hybridized carbons (Fsp3) is 0.111. The summed E-state index contributed by atoms with van der Waals surface area (Å²) in [5, 5.41) is 12.7. The quantitative estimate of drug-likeness (QED) is 0.662. The maximum absolute atomic E-state index is 10.5. The average Bonchev–Trinajstić information content (AvgIpc) is 2.96. The summed E-state index contributed by atoms with van der Waals surface area (Å²) in [6.07, 6.45) is 4.12. The third-order valence-electron chi connectivity index (χ3n) is 3.28. The molecular weight excluding hydrogens is 331 g/mol. The van der Waals surface area contributed by atoms with Crippen molar-refractivity contribution < 1.29 is 40.9 Å². The number of benzene rings is 2. The number of fused-ring (bicyclic) bond motifs is 1. The van der Waals surface area contributed by atoms with Gasteiger partial charge < -0.3 is 11.8 Å². The molecule has 118 valence electrons. The van der Waals surface area contributed by atoms with Crippen LogP contribution in [-0.4, -0.2) is 22.6 Å². The fourth-order valence-corrected chi connectivity index (χ4v) is 3.07. The van der Waals surface area contributed by atoms with E-state index in [0.717, 1.165) is 21.8 Å². The van der Waals surface area contributed by atoms with E-state index in [1.54, 1.807) is 11.3 Å². The maximum atomic E-state index is 10.5. The number of anilines is 1. The first-order chi connectivity index (χ1) is 11.2. The van der Waals surface area contributed by atoms with Gasteiger partial charge in [-0.25, -0.2) is 4.98 Å². The molecule has 6 heteroatoms. The number of para-hydroxylation sites is 1. The van der Waals surface area contributed by atoms with Gasteiger partial charge in [-0.1, -0.05) is 30.3 Å². The summed E-state index contributed by atoms with van der Waals surface area (Å²) in [5.41, 5.74) is 2.98. The predicted octanol–water partition coefficient (Wildman–Crippen LogP) is 1.47. The minimum absolute atomic E-state index is 0. The van der Waals surface area contributed by atoms with E-state index in [1.165, 1.54) is 4.70 Å². The Morgan fingerprint density at radius 1 is 1.21 bits per heavy atom. The monoisotopic (exact) mass is 348 g/mol. The first-order valence-corrected chi connectivity index (χ1v) is 8.12. The Labute approximate surface area is 168 Å². The molecule has 0 fully saturated rings. The Morgan fingerprint density at radius 2 is 2.04 bits per heavy atom. The minimum atomic E-state index is -0.801. The van der Waals surface area contributed by atoms with Crippen molar-refractivity contribution in [3.63, 3.8) is 0 Å². The number of hydrogen-bond acceptors (Lipinski definition) is 4. The smallest absolute Gasteiger partial charge is 1.00 e. The molecule has 0 saturated carbocycles. The van der Waals surface area contributed by atoms with Crippen molar-refractivity contribution in [2.45, 2.75) is 6.42 Å². The SMILES string of the molecule is O=C(O)CCNc1cccc(/C=C/c2nc3ccccc3s2)c1.[H-].[Na+]. The van der Waals surface area contributed by atoms with E-state index in [1.807, 2.05) is 54.6 Å². The molecule has 3 rings (SSSR count). The van der Waals surface area contributed by atoms with Crippen molar-refractivity contribution >= 4 is 45.4 Å². The van der Waals surface area contributed by atoms with Crippen molar-refractivity contribution in [3.8, 4) is 0 Å². The van der Waals surface area contributed by atoms with Gasteiger partial charge in [0.1, 0.15) is 5.01 Å². The number of carboxylic acid groups (broad SMARTS) is 1. The number of aromatic nitrogens is 1. The standard InChI is InChI=1S/C18H16N2O2S.Na.H/c21-18(22)10-11-19-14-5-3-4-13(12-14)8-9-17-20-15-6-1-2-7-16(15)23-17;;/h1-9,12,19H,10-11H2,(H,21,22);;/q;+1;-1/b9-8+;;. The molecule has 1 aromatic heterocycles. The van der Waals surface area contributed by atoms with Gasteiger partial charge in [0.2, 0.25) is 0 Å². The van der Waals surface area contributed by atoms with Crippen LogP contribution in [0.5, 0.6) is 0 Å². The van der Waals surface area contributed by atoms with Gasteiger partial charge in [-0.05, 0) is 35.9 Å². The van der Waals surface area contributed by atoms with Gasteiger partial charge in [-0.2, -0.15) is 0 Å². The van der Waals surface area contributed by atoms with Gasteiger partial charge >= 0.3 is 35.5 Å². The average molecular weight is 348 g/mol. The second kappa shape index (κ2) is 8.99. The molecule has 24 heavy (non-hydrogen) atoms. The van der Waals surface area contributed by atoms with Crippen LogP contribution in [0.15, 0.2) is 48.5 Å². The molecule has 0 radical (unpaired) electrons. The van der Waals surface area contributed by atoms with Crippen LogP contribution in [0.4, 0.5) is 5.69 Å². The largest absolute Gasteiger partial charge is 1.00 e. The van der Waals surface area contributed by atoms with Gasteiger partial charge in [0.15, 0.2) is 0 Å². The van der Waals surface area contributed by atoms with Gasteiger partial charge in [0.05, 0.1) is 16.6 Å². The molecule has 1 heterocycles. The Bertz CT molecular complexity index is 834. The van der Waals surface area contributed by atoms with E-state index < -0.39 is 5.97 Å². The number of carbonyl (C=O) groups is 1. The van der Waals surface area contributed by atoms with Crippen molar-refractivity contribution in [2.24, 2.45) is 0 Å². The summed E-state index contributed by atoms with van der Waals surface area (Å²) in [6.45, 7) is 0.417.